The van der Waals surface area contributed by atoms with Crippen molar-refractivity contribution in [2.45, 2.75) is 26.2 Å². The molecule has 2 aromatic carbocycles. The normalized spacial score (nSPS) is 17.8. The Morgan fingerprint density at radius 1 is 1.07 bits per heavy atom. The summed E-state index contributed by atoms with van der Waals surface area (Å²) >= 11 is 0. The number of anilines is 3. The lowest BCUT2D eigenvalue weighted by Crippen LogP contribution is -2.35. The lowest BCUT2D eigenvalue weighted by molar-refractivity contribution is -0.110. The summed E-state index contributed by atoms with van der Waals surface area (Å²) in [5.41, 5.74) is 10.9. The van der Waals surface area contributed by atoms with Crippen molar-refractivity contribution in [3.05, 3.63) is 59.3 Å². The van der Waals surface area contributed by atoms with Crippen LogP contribution in [0.4, 0.5) is 17.1 Å². The summed E-state index contributed by atoms with van der Waals surface area (Å²) in [4.78, 5) is 26.9. The van der Waals surface area contributed by atoms with E-state index in [1.54, 1.807) is 12.1 Å². The minimum Gasteiger partial charge on any atom is -0.399 e. The van der Waals surface area contributed by atoms with Gasteiger partial charge in [0.25, 0.3) is 11.8 Å². The first-order valence-electron chi connectivity index (χ1n) is 9.61. The molecule has 0 radical (unpaired) electrons. The quantitative estimate of drug-likeness (QED) is 0.563. The summed E-state index contributed by atoms with van der Waals surface area (Å²) in [6.07, 6.45) is 3.35. The number of nitrogen functional groups attached to an aromatic ring is 1. The van der Waals surface area contributed by atoms with Crippen LogP contribution in [-0.2, 0) is 4.79 Å². The Morgan fingerprint density at radius 2 is 1.79 bits per heavy atom. The number of nitrogens with two attached hydrogens (primary N) is 1. The third kappa shape index (κ3) is 3.45. The van der Waals surface area contributed by atoms with E-state index in [-0.39, 0.29) is 11.8 Å². The zero-order valence-electron chi connectivity index (χ0n) is 15.9. The van der Waals surface area contributed by atoms with E-state index in [0.717, 1.165) is 48.6 Å². The SMILES string of the molecule is C/C(Nc1ccc(C(=O)N2CCCCC2)cc1)=C1/C(=O)Nc2ccc(N)cc21. The van der Waals surface area contributed by atoms with Crippen LogP contribution in [0.25, 0.3) is 5.57 Å². The van der Waals surface area contributed by atoms with Gasteiger partial charge in [0.2, 0.25) is 0 Å². The number of fused-ring (bicyclic) bond motifs is 1. The van der Waals surface area contributed by atoms with Gasteiger partial charge in [0.15, 0.2) is 0 Å². The molecule has 1 fully saturated rings. The Hall–Kier alpha value is -3.28. The molecule has 4 N–H and O–H groups in total. The molecular weight excluding hydrogens is 352 g/mol. The first kappa shape index (κ1) is 18.1. The minimum absolute atomic E-state index is 0.0842. The molecule has 2 heterocycles. The number of piperidine rings is 1. The average molecular weight is 376 g/mol. The second kappa shape index (κ2) is 7.38. The number of amides is 2. The van der Waals surface area contributed by atoms with Gasteiger partial charge in [0.1, 0.15) is 0 Å². The van der Waals surface area contributed by atoms with Gasteiger partial charge in [-0.25, -0.2) is 0 Å². The third-order valence-electron chi connectivity index (χ3n) is 5.27. The number of likely N-dealkylation sites (tertiary alicyclic amines) is 1. The van der Waals surface area contributed by atoms with Crippen molar-refractivity contribution in [1.29, 1.82) is 0 Å². The number of nitrogens with one attached hydrogen (secondary N) is 2. The van der Waals surface area contributed by atoms with Gasteiger partial charge in [-0.3, -0.25) is 9.59 Å². The number of carbonyl (C=O) groups excluding carboxylic acids is 2. The molecule has 2 amide bonds. The highest BCUT2D eigenvalue weighted by atomic mass is 16.2. The molecule has 0 spiro atoms. The fourth-order valence-electron chi connectivity index (χ4n) is 3.81. The highest BCUT2D eigenvalue weighted by molar-refractivity contribution is 6.32. The van der Waals surface area contributed by atoms with Crippen LogP contribution in [0.3, 0.4) is 0 Å². The number of allylic oxidation sites excluding steroid dienone is 1. The molecule has 6 nitrogen and oxygen atoms in total. The van der Waals surface area contributed by atoms with Crippen molar-refractivity contribution < 1.29 is 9.59 Å². The van der Waals surface area contributed by atoms with E-state index >= 15 is 0 Å². The van der Waals surface area contributed by atoms with Crippen LogP contribution in [0.1, 0.15) is 42.1 Å². The molecule has 0 unspecified atom stereocenters. The van der Waals surface area contributed by atoms with Crippen molar-refractivity contribution in [2.75, 3.05) is 29.5 Å². The van der Waals surface area contributed by atoms with E-state index < -0.39 is 0 Å². The number of hydrogen-bond donors (Lipinski definition) is 3. The molecule has 6 heteroatoms. The van der Waals surface area contributed by atoms with Crippen molar-refractivity contribution in [3.8, 4) is 0 Å². The smallest absolute Gasteiger partial charge is 0.258 e. The Balaban J connectivity index is 1.53. The van der Waals surface area contributed by atoms with Crippen molar-refractivity contribution in [1.82, 2.24) is 4.90 Å². The largest absolute Gasteiger partial charge is 0.399 e. The van der Waals surface area contributed by atoms with E-state index in [9.17, 15) is 9.59 Å². The highest BCUT2D eigenvalue weighted by Crippen LogP contribution is 2.35. The molecule has 4 rings (SSSR count). The molecule has 28 heavy (non-hydrogen) atoms. The van der Waals surface area contributed by atoms with Crippen LogP contribution in [0.2, 0.25) is 0 Å². The molecule has 1 saturated heterocycles. The minimum atomic E-state index is -0.150. The maximum atomic E-state index is 12.6. The zero-order chi connectivity index (χ0) is 19.7. The number of nitrogens with zero attached hydrogens (tertiary/aromatic N) is 1. The molecule has 0 aromatic heterocycles. The van der Waals surface area contributed by atoms with E-state index in [4.69, 9.17) is 5.73 Å². The van der Waals surface area contributed by atoms with E-state index in [1.165, 1.54) is 6.42 Å². The molecule has 2 aliphatic heterocycles. The number of rotatable bonds is 3. The van der Waals surface area contributed by atoms with Crippen LogP contribution in [0.15, 0.2) is 48.2 Å². The van der Waals surface area contributed by atoms with Crippen LogP contribution < -0.4 is 16.4 Å². The van der Waals surface area contributed by atoms with Crippen molar-refractivity contribution in [2.24, 2.45) is 0 Å². The number of benzene rings is 2. The van der Waals surface area contributed by atoms with Gasteiger partial charge in [0, 0.05) is 47.0 Å². The van der Waals surface area contributed by atoms with E-state index in [2.05, 4.69) is 10.6 Å². The number of carbonyl (C=O) groups is 2. The Morgan fingerprint density at radius 3 is 2.50 bits per heavy atom. The first-order chi connectivity index (χ1) is 13.5. The van der Waals surface area contributed by atoms with Crippen LogP contribution in [-0.4, -0.2) is 29.8 Å². The molecule has 2 aliphatic rings. The van der Waals surface area contributed by atoms with Crippen molar-refractivity contribution >= 4 is 34.4 Å². The summed E-state index contributed by atoms with van der Waals surface area (Å²) in [7, 11) is 0. The lowest BCUT2D eigenvalue weighted by Gasteiger charge is -2.26. The van der Waals surface area contributed by atoms with E-state index in [0.29, 0.717) is 16.8 Å². The van der Waals surface area contributed by atoms with Gasteiger partial charge in [0.05, 0.1) is 5.57 Å². The highest BCUT2D eigenvalue weighted by Gasteiger charge is 2.26. The molecule has 2 aromatic rings. The summed E-state index contributed by atoms with van der Waals surface area (Å²) in [6.45, 7) is 3.53. The molecule has 0 bridgehead atoms. The molecular formula is C22H24N4O2. The topological polar surface area (TPSA) is 87.5 Å². The standard InChI is InChI=1S/C22H24N4O2/c1-14(20-18-13-16(23)7-10-19(18)25-21(20)27)24-17-8-5-15(6-9-17)22(28)26-11-3-2-4-12-26/h5-10,13,24H,2-4,11-12,23H2,1H3,(H,25,27)/b20-14-. The van der Waals surface area contributed by atoms with Gasteiger partial charge in [-0.2, -0.15) is 0 Å². The van der Waals surface area contributed by atoms with Crippen LogP contribution in [0.5, 0.6) is 0 Å². The predicted octanol–water partition coefficient (Wildman–Crippen LogP) is 3.69. The van der Waals surface area contributed by atoms with Crippen LogP contribution >= 0.6 is 0 Å². The summed E-state index contributed by atoms with van der Waals surface area (Å²) in [5.74, 6) is -0.0663. The lowest BCUT2D eigenvalue weighted by atomic mass is 10.0. The summed E-state index contributed by atoms with van der Waals surface area (Å²) in [5, 5.41) is 6.13. The fourth-order valence-corrected chi connectivity index (χ4v) is 3.81. The fraction of sp³-hybridized carbons (Fsp3) is 0.273. The zero-order valence-corrected chi connectivity index (χ0v) is 15.9. The van der Waals surface area contributed by atoms with Crippen molar-refractivity contribution in [3.63, 3.8) is 0 Å². The maximum absolute atomic E-state index is 12.6. The summed E-state index contributed by atoms with van der Waals surface area (Å²) < 4.78 is 0. The molecule has 144 valence electrons. The van der Waals surface area contributed by atoms with Gasteiger partial charge in [-0.15, -0.1) is 0 Å². The number of hydrogen-bond acceptors (Lipinski definition) is 4. The molecule has 0 saturated carbocycles. The third-order valence-corrected chi connectivity index (χ3v) is 5.27. The van der Waals surface area contributed by atoms with Crippen LogP contribution in [0, 0.1) is 0 Å². The predicted molar refractivity (Wildman–Crippen MR) is 112 cm³/mol. The van der Waals surface area contributed by atoms with E-state index in [1.807, 2.05) is 42.2 Å². The average Bonchev–Trinajstić information content (AvgIpc) is 3.03. The Kier molecular flexibility index (Phi) is 4.77. The maximum Gasteiger partial charge on any atom is 0.258 e. The van der Waals surface area contributed by atoms with Gasteiger partial charge < -0.3 is 21.3 Å². The first-order valence-corrected chi connectivity index (χ1v) is 9.61. The second-order valence-corrected chi connectivity index (χ2v) is 7.31. The second-order valence-electron chi connectivity index (χ2n) is 7.31. The summed E-state index contributed by atoms with van der Waals surface area (Å²) in [6, 6.07) is 12.8. The van der Waals surface area contributed by atoms with Gasteiger partial charge in [-0.05, 0) is 68.7 Å². The monoisotopic (exact) mass is 376 g/mol. The molecule has 0 atom stereocenters. The molecule has 0 aliphatic carbocycles. The van der Waals surface area contributed by atoms with Gasteiger partial charge in [-0.1, -0.05) is 0 Å². The Labute approximate surface area is 164 Å². The van der Waals surface area contributed by atoms with Gasteiger partial charge >= 0.3 is 0 Å². The Bertz CT molecular complexity index is 957.